The number of fused-ring (bicyclic) bond motifs is 1. The van der Waals surface area contributed by atoms with Gasteiger partial charge in [0.1, 0.15) is 0 Å². The zero-order chi connectivity index (χ0) is 9.42. The van der Waals surface area contributed by atoms with Crippen LogP contribution in [0.3, 0.4) is 0 Å². The first kappa shape index (κ1) is 14.7. The summed E-state index contributed by atoms with van der Waals surface area (Å²) in [5, 5.41) is 5.47. The number of halogens is 3. The Labute approximate surface area is 109 Å². The third-order valence-electron chi connectivity index (χ3n) is 2.11. The molecule has 0 aliphatic carbocycles. The van der Waals surface area contributed by atoms with Crippen molar-refractivity contribution in [3.63, 3.8) is 0 Å². The van der Waals surface area contributed by atoms with Crippen molar-refractivity contribution in [2.24, 2.45) is 12.8 Å². The predicted molar refractivity (Wildman–Crippen MR) is 70.8 cm³/mol. The molecular weight excluding hydrogens is 301 g/mol. The van der Waals surface area contributed by atoms with Gasteiger partial charge < -0.3 is 5.73 Å². The molecule has 2 aromatic rings. The lowest BCUT2D eigenvalue weighted by Gasteiger charge is -1.96. The van der Waals surface area contributed by atoms with Crippen LogP contribution in [0.2, 0.25) is 0 Å². The fraction of sp³-hybridized carbons (Fsp3) is 0.222. The number of nitrogens with two attached hydrogens (primary N) is 1. The average molecular weight is 313 g/mol. The highest BCUT2D eigenvalue weighted by molar-refractivity contribution is 9.10. The third kappa shape index (κ3) is 2.64. The predicted octanol–water partition coefficient (Wildman–Crippen LogP) is 2.64. The van der Waals surface area contributed by atoms with Crippen LogP contribution in [-0.2, 0) is 13.6 Å². The molecule has 1 heterocycles. The minimum absolute atomic E-state index is 0. The second-order valence-electron chi connectivity index (χ2n) is 2.94. The summed E-state index contributed by atoms with van der Waals surface area (Å²) in [6.45, 7) is 0.517. The van der Waals surface area contributed by atoms with Crippen molar-refractivity contribution in [3.05, 3.63) is 28.4 Å². The Morgan fingerprint density at radius 1 is 1.40 bits per heavy atom. The van der Waals surface area contributed by atoms with Crippen LogP contribution in [0, 0.1) is 0 Å². The van der Waals surface area contributed by atoms with E-state index in [0.29, 0.717) is 6.54 Å². The van der Waals surface area contributed by atoms with Crippen LogP contribution in [0.25, 0.3) is 10.9 Å². The Morgan fingerprint density at radius 3 is 2.67 bits per heavy atom. The second-order valence-corrected chi connectivity index (χ2v) is 3.85. The SMILES string of the molecule is Cl.Cl.Cn1nc2ccc(Br)cc2c1CN. The minimum Gasteiger partial charge on any atom is -0.325 e. The van der Waals surface area contributed by atoms with Gasteiger partial charge in [-0.15, -0.1) is 24.8 Å². The summed E-state index contributed by atoms with van der Waals surface area (Å²) in [5.74, 6) is 0. The topological polar surface area (TPSA) is 43.8 Å². The van der Waals surface area contributed by atoms with Gasteiger partial charge in [0.15, 0.2) is 0 Å². The quantitative estimate of drug-likeness (QED) is 0.879. The van der Waals surface area contributed by atoms with Gasteiger partial charge in [0.05, 0.1) is 11.2 Å². The number of rotatable bonds is 1. The van der Waals surface area contributed by atoms with E-state index in [1.54, 1.807) is 0 Å². The largest absolute Gasteiger partial charge is 0.325 e. The molecule has 0 aliphatic rings. The molecule has 1 aromatic heterocycles. The Kier molecular flexibility index (Phi) is 5.59. The summed E-state index contributed by atoms with van der Waals surface area (Å²) >= 11 is 3.43. The normalized spacial score (nSPS) is 9.53. The lowest BCUT2D eigenvalue weighted by atomic mass is 10.2. The highest BCUT2D eigenvalue weighted by Gasteiger charge is 2.06. The molecule has 0 bridgehead atoms. The van der Waals surface area contributed by atoms with Crippen LogP contribution in [0.1, 0.15) is 5.69 Å². The summed E-state index contributed by atoms with van der Waals surface area (Å²) in [6, 6.07) is 6.01. The smallest absolute Gasteiger partial charge is 0.0927 e. The minimum atomic E-state index is 0. The van der Waals surface area contributed by atoms with E-state index in [1.165, 1.54) is 0 Å². The highest BCUT2D eigenvalue weighted by atomic mass is 79.9. The van der Waals surface area contributed by atoms with Crippen molar-refractivity contribution in [2.75, 3.05) is 0 Å². The summed E-state index contributed by atoms with van der Waals surface area (Å²) in [7, 11) is 1.91. The molecule has 3 nitrogen and oxygen atoms in total. The van der Waals surface area contributed by atoms with Gasteiger partial charge in [-0.25, -0.2) is 0 Å². The molecule has 0 fully saturated rings. The van der Waals surface area contributed by atoms with Gasteiger partial charge in [-0.2, -0.15) is 5.10 Å². The fourth-order valence-electron chi connectivity index (χ4n) is 1.46. The molecular formula is C9H12BrCl2N3. The van der Waals surface area contributed by atoms with Gasteiger partial charge in [-0.05, 0) is 18.2 Å². The van der Waals surface area contributed by atoms with Crippen molar-refractivity contribution in [1.82, 2.24) is 9.78 Å². The summed E-state index contributed by atoms with van der Waals surface area (Å²) in [5.41, 5.74) is 7.69. The van der Waals surface area contributed by atoms with Gasteiger partial charge in [-0.3, -0.25) is 4.68 Å². The second kappa shape index (κ2) is 5.70. The molecule has 6 heteroatoms. The molecule has 84 valence electrons. The van der Waals surface area contributed by atoms with E-state index < -0.39 is 0 Å². The monoisotopic (exact) mass is 311 g/mol. The molecule has 0 unspecified atom stereocenters. The Morgan fingerprint density at radius 2 is 2.07 bits per heavy atom. The molecule has 0 aliphatic heterocycles. The van der Waals surface area contributed by atoms with Crippen LogP contribution in [0.15, 0.2) is 22.7 Å². The van der Waals surface area contributed by atoms with E-state index in [-0.39, 0.29) is 24.8 Å². The number of hydrogen-bond donors (Lipinski definition) is 1. The van der Waals surface area contributed by atoms with Crippen molar-refractivity contribution in [3.8, 4) is 0 Å². The van der Waals surface area contributed by atoms with E-state index in [4.69, 9.17) is 5.73 Å². The van der Waals surface area contributed by atoms with Gasteiger partial charge >= 0.3 is 0 Å². The molecule has 0 atom stereocenters. The fourth-order valence-corrected chi connectivity index (χ4v) is 1.83. The zero-order valence-corrected chi connectivity index (χ0v) is 11.3. The van der Waals surface area contributed by atoms with Gasteiger partial charge in [0, 0.05) is 23.5 Å². The number of aryl methyl sites for hydroxylation is 1. The van der Waals surface area contributed by atoms with Gasteiger partial charge in [0.2, 0.25) is 0 Å². The molecule has 0 amide bonds. The van der Waals surface area contributed by atoms with Crippen LogP contribution in [0.5, 0.6) is 0 Å². The van der Waals surface area contributed by atoms with Crippen molar-refractivity contribution in [1.29, 1.82) is 0 Å². The Bertz CT molecular complexity index is 456. The van der Waals surface area contributed by atoms with E-state index in [9.17, 15) is 0 Å². The molecule has 0 saturated heterocycles. The maximum absolute atomic E-state index is 5.64. The van der Waals surface area contributed by atoms with E-state index >= 15 is 0 Å². The number of aromatic nitrogens is 2. The maximum atomic E-state index is 5.64. The first-order valence-corrected chi connectivity index (χ1v) is 4.83. The Balaban J connectivity index is 0.000000980. The average Bonchev–Trinajstić information content (AvgIpc) is 2.40. The lowest BCUT2D eigenvalue weighted by molar-refractivity contribution is 0.722. The van der Waals surface area contributed by atoms with E-state index in [1.807, 2.05) is 29.9 Å². The van der Waals surface area contributed by atoms with E-state index in [2.05, 4.69) is 21.0 Å². The number of hydrogen-bond acceptors (Lipinski definition) is 2. The molecule has 0 spiro atoms. The third-order valence-corrected chi connectivity index (χ3v) is 2.60. The van der Waals surface area contributed by atoms with Gasteiger partial charge in [0.25, 0.3) is 0 Å². The first-order chi connectivity index (χ1) is 6.22. The number of benzene rings is 1. The molecule has 1 aromatic carbocycles. The standard InChI is InChI=1S/C9H10BrN3.2ClH/c1-13-9(5-11)7-4-6(10)2-3-8(7)12-13;;/h2-4H,5,11H2,1H3;2*1H. The molecule has 0 radical (unpaired) electrons. The van der Waals surface area contributed by atoms with Crippen LogP contribution >= 0.6 is 40.7 Å². The highest BCUT2D eigenvalue weighted by Crippen LogP contribution is 2.21. The van der Waals surface area contributed by atoms with E-state index in [0.717, 1.165) is 21.1 Å². The zero-order valence-electron chi connectivity index (χ0n) is 8.11. The van der Waals surface area contributed by atoms with Crippen molar-refractivity contribution >= 4 is 51.6 Å². The summed E-state index contributed by atoms with van der Waals surface area (Å²) < 4.78 is 2.89. The molecule has 2 rings (SSSR count). The van der Waals surface area contributed by atoms with Crippen LogP contribution in [0.4, 0.5) is 0 Å². The number of nitrogens with zero attached hydrogens (tertiary/aromatic N) is 2. The Hall–Kier alpha value is -0.290. The summed E-state index contributed by atoms with van der Waals surface area (Å²) in [4.78, 5) is 0. The van der Waals surface area contributed by atoms with Gasteiger partial charge in [-0.1, -0.05) is 15.9 Å². The summed E-state index contributed by atoms with van der Waals surface area (Å²) in [6.07, 6.45) is 0. The van der Waals surface area contributed by atoms with Crippen molar-refractivity contribution in [2.45, 2.75) is 6.54 Å². The molecule has 0 saturated carbocycles. The maximum Gasteiger partial charge on any atom is 0.0927 e. The van der Waals surface area contributed by atoms with Crippen LogP contribution in [-0.4, -0.2) is 9.78 Å². The lowest BCUT2D eigenvalue weighted by Crippen LogP contribution is -2.04. The molecule has 15 heavy (non-hydrogen) atoms. The van der Waals surface area contributed by atoms with Crippen molar-refractivity contribution < 1.29 is 0 Å². The van der Waals surface area contributed by atoms with Crippen LogP contribution < -0.4 is 5.73 Å². The first-order valence-electron chi connectivity index (χ1n) is 4.03. The molecule has 2 N–H and O–H groups in total.